The molecule has 144 valence electrons. The first-order chi connectivity index (χ1) is 13.2. The SMILES string of the molecule is CCCCCCNC(=O)C(C#N)c1nc2ccccc2nc1N(CC)CC. The molecular formula is C21H29N5O. The summed E-state index contributed by atoms with van der Waals surface area (Å²) in [6.45, 7) is 8.25. The molecule has 0 saturated carbocycles. The van der Waals surface area contributed by atoms with Gasteiger partial charge in [-0.25, -0.2) is 9.97 Å². The van der Waals surface area contributed by atoms with Crippen molar-refractivity contribution in [3.8, 4) is 6.07 Å². The van der Waals surface area contributed by atoms with Gasteiger partial charge in [-0.2, -0.15) is 5.26 Å². The van der Waals surface area contributed by atoms with Crippen LogP contribution in [0.5, 0.6) is 0 Å². The Morgan fingerprint density at radius 2 is 1.78 bits per heavy atom. The largest absolute Gasteiger partial charge is 0.356 e. The maximum atomic E-state index is 12.7. The highest BCUT2D eigenvalue weighted by Gasteiger charge is 2.27. The van der Waals surface area contributed by atoms with Crippen molar-refractivity contribution >= 4 is 22.8 Å². The summed E-state index contributed by atoms with van der Waals surface area (Å²) in [6.07, 6.45) is 4.30. The van der Waals surface area contributed by atoms with Crippen molar-refractivity contribution in [1.29, 1.82) is 5.26 Å². The number of fused-ring (bicyclic) bond motifs is 1. The number of carbonyl (C=O) groups is 1. The van der Waals surface area contributed by atoms with Crippen LogP contribution in [-0.4, -0.2) is 35.5 Å². The fourth-order valence-electron chi connectivity index (χ4n) is 3.06. The predicted octanol–water partition coefficient (Wildman–Crippen LogP) is 3.78. The van der Waals surface area contributed by atoms with E-state index in [1.807, 2.05) is 43.0 Å². The fourth-order valence-corrected chi connectivity index (χ4v) is 3.06. The molecular weight excluding hydrogens is 338 g/mol. The zero-order chi connectivity index (χ0) is 19.6. The molecule has 6 heteroatoms. The van der Waals surface area contributed by atoms with Crippen molar-refractivity contribution in [3.63, 3.8) is 0 Å². The lowest BCUT2D eigenvalue weighted by Gasteiger charge is -2.24. The average Bonchev–Trinajstić information content (AvgIpc) is 2.69. The van der Waals surface area contributed by atoms with E-state index in [9.17, 15) is 10.1 Å². The van der Waals surface area contributed by atoms with Gasteiger partial charge in [0.2, 0.25) is 5.91 Å². The zero-order valence-corrected chi connectivity index (χ0v) is 16.5. The van der Waals surface area contributed by atoms with Crippen molar-refractivity contribution in [2.24, 2.45) is 0 Å². The van der Waals surface area contributed by atoms with Crippen LogP contribution < -0.4 is 10.2 Å². The summed E-state index contributed by atoms with van der Waals surface area (Å²) in [5.74, 6) is -0.651. The predicted molar refractivity (Wildman–Crippen MR) is 109 cm³/mol. The number of para-hydroxylation sites is 2. The highest BCUT2D eigenvalue weighted by Crippen LogP contribution is 2.27. The van der Waals surface area contributed by atoms with E-state index in [2.05, 4.69) is 23.3 Å². The van der Waals surface area contributed by atoms with Gasteiger partial charge in [0.1, 0.15) is 5.69 Å². The van der Waals surface area contributed by atoms with E-state index in [1.54, 1.807) is 0 Å². The van der Waals surface area contributed by atoms with Crippen LogP contribution in [0, 0.1) is 11.3 Å². The number of nitrogens with zero attached hydrogens (tertiary/aromatic N) is 4. The molecule has 0 aliphatic carbocycles. The van der Waals surface area contributed by atoms with Crippen LogP contribution in [0.4, 0.5) is 5.82 Å². The number of anilines is 1. The monoisotopic (exact) mass is 367 g/mol. The summed E-state index contributed by atoms with van der Waals surface area (Å²) < 4.78 is 0. The maximum Gasteiger partial charge on any atom is 0.243 e. The van der Waals surface area contributed by atoms with E-state index in [1.165, 1.54) is 0 Å². The number of benzene rings is 1. The van der Waals surface area contributed by atoms with E-state index >= 15 is 0 Å². The molecule has 1 atom stereocenters. The van der Waals surface area contributed by atoms with Crippen molar-refractivity contribution in [2.75, 3.05) is 24.5 Å². The highest BCUT2D eigenvalue weighted by atomic mass is 16.1. The van der Waals surface area contributed by atoms with Gasteiger partial charge in [-0.1, -0.05) is 38.3 Å². The topological polar surface area (TPSA) is 81.9 Å². The normalized spacial score (nSPS) is 11.8. The lowest BCUT2D eigenvalue weighted by molar-refractivity contribution is -0.121. The summed E-state index contributed by atoms with van der Waals surface area (Å²) in [6, 6.07) is 9.68. The molecule has 1 aromatic carbocycles. The van der Waals surface area contributed by atoms with Gasteiger partial charge in [0.25, 0.3) is 0 Å². The molecule has 0 aliphatic rings. The molecule has 2 aromatic rings. The van der Waals surface area contributed by atoms with Crippen LogP contribution in [0.2, 0.25) is 0 Å². The minimum absolute atomic E-state index is 0.299. The van der Waals surface area contributed by atoms with E-state index in [0.717, 1.165) is 44.3 Å². The summed E-state index contributed by atoms with van der Waals surface area (Å²) in [4.78, 5) is 24.1. The minimum Gasteiger partial charge on any atom is -0.356 e. The number of amides is 1. The number of aromatic nitrogens is 2. The second-order valence-corrected chi connectivity index (χ2v) is 6.51. The molecule has 0 spiro atoms. The molecule has 1 heterocycles. The third-order valence-corrected chi connectivity index (χ3v) is 4.64. The molecule has 0 saturated heterocycles. The van der Waals surface area contributed by atoms with Crippen LogP contribution >= 0.6 is 0 Å². The molecule has 0 radical (unpaired) electrons. The van der Waals surface area contributed by atoms with Crippen molar-refractivity contribution in [2.45, 2.75) is 52.4 Å². The fraction of sp³-hybridized carbons (Fsp3) is 0.524. The smallest absolute Gasteiger partial charge is 0.243 e. The number of rotatable bonds is 10. The Kier molecular flexibility index (Phi) is 8.00. The Labute approximate surface area is 161 Å². The minimum atomic E-state index is -0.969. The second kappa shape index (κ2) is 10.5. The van der Waals surface area contributed by atoms with Gasteiger partial charge in [0.05, 0.1) is 17.1 Å². The molecule has 27 heavy (non-hydrogen) atoms. The summed E-state index contributed by atoms with van der Waals surface area (Å²) in [5, 5.41) is 12.6. The zero-order valence-electron chi connectivity index (χ0n) is 16.5. The number of carbonyl (C=O) groups excluding carboxylic acids is 1. The van der Waals surface area contributed by atoms with Gasteiger partial charge in [-0.15, -0.1) is 0 Å². The van der Waals surface area contributed by atoms with Crippen molar-refractivity contribution < 1.29 is 4.79 Å². The molecule has 1 N–H and O–H groups in total. The quantitative estimate of drug-likeness (QED) is 0.646. The van der Waals surface area contributed by atoms with Gasteiger partial charge in [-0.05, 0) is 32.4 Å². The van der Waals surface area contributed by atoms with E-state index in [0.29, 0.717) is 23.6 Å². The average molecular weight is 367 g/mol. The van der Waals surface area contributed by atoms with Crippen LogP contribution in [0.1, 0.15) is 58.1 Å². The summed E-state index contributed by atoms with van der Waals surface area (Å²) >= 11 is 0. The number of nitriles is 1. The molecule has 0 fully saturated rings. The molecule has 1 amide bonds. The van der Waals surface area contributed by atoms with Crippen LogP contribution in [0.15, 0.2) is 24.3 Å². The Balaban J connectivity index is 2.33. The molecule has 2 rings (SSSR count). The second-order valence-electron chi connectivity index (χ2n) is 6.51. The highest BCUT2D eigenvalue weighted by molar-refractivity contribution is 5.88. The lowest BCUT2D eigenvalue weighted by atomic mass is 10.0. The Hall–Kier alpha value is -2.68. The molecule has 6 nitrogen and oxygen atoms in total. The van der Waals surface area contributed by atoms with E-state index in [-0.39, 0.29) is 5.91 Å². The maximum absolute atomic E-state index is 12.7. The van der Waals surface area contributed by atoms with Crippen LogP contribution in [-0.2, 0) is 4.79 Å². The van der Waals surface area contributed by atoms with Gasteiger partial charge in [-0.3, -0.25) is 4.79 Å². The molecule has 1 unspecified atom stereocenters. The molecule has 1 aromatic heterocycles. The van der Waals surface area contributed by atoms with Crippen molar-refractivity contribution in [1.82, 2.24) is 15.3 Å². The number of hydrogen-bond donors (Lipinski definition) is 1. The third kappa shape index (κ3) is 5.16. The standard InChI is InChI=1S/C21H29N5O/c1-4-7-8-11-14-23-21(27)16(15-22)19-20(26(5-2)6-3)25-18-13-10-9-12-17(18)24-19/h9-10,12-13,16H,4-8,11,14H2,1-3H3,(H,23,27). The third-order valence-electron chi connectivity index (χ3n) is 4.64. The first kappa shape index (κ1) is 20.6. The Morgan fingerprint density at radius 3 is 2.37 bits per heavy atom. The Morgan fingerprint density at radius 1 is 1.11 bits per heavy atom. The lowest BCUT2D eigenvalue weighted by Crippen LogP contribution is -2.32. The van der Waals surface area contributed by atoms with E-state index < -0.39 is 5.92 Å². The summed E-state index contributed by atoms with van der Waals surface area (Å²) in [7, 11) is 0. The van der Waals surface area contributed by atoms with Crippen molar-refractivity contribution in [3.05, 3.63) is 30.0 Å². The number of nitrogens with one attached hydrogen (secondary N) is 1. The first-order valence-electron chi connectivity index (χ1n) is 9.85. The van der Waals surface area contributed by atoms with Crippen LogP contribution in [0.3, 0.4) is 0 Å². The van der Waals surface area contributed by atoms with Gasteiger partial charge < -0.3 is 10.2 Å². The van der Waals surface area contributed by atoms with Gasteiger partial charge in [0.15, 0.2) is 11.7 Å². The summed E-state index contributed by atoms with van der Waals surface area (Å²) in [5.41, 5.74) is 1.89. The van der Waals surface area contributed by atoms with E-state index in [4.69, 9.17) is 4.98 Å². The van der Waals surface area contributed by atoms with Gasteiger partial charge >= 0.3 is 0 Å². The molecule has 0 bridgehead atoms. The van der Waals surface area contributed by atoms with Gasteiger partial charge in [0, 0.05) is 19.6 Å². The number of unbranched alkanes of at least 4 members (excludes halogenated alkanes) is 3. The van der Waals surface area contributed by atoms with Crippen LogP contribution in [0.25, 0.3) is 11.0 Å². The molecule has 0 aliphatic heterocycles. The number of hydrogen-bond acceptors (Lipinski definition) is 5. The first-order valence-corrected chi connectivity index (χ1v) is 9.85. The Bertz CT molecular complexity index is 795.